The van der Waals surface area contributed by atoms with Crippen LogP contribution in [0.5, 0.6) is 5.75 Å². The van der Waals surface area contributed by atoms with Crippen molar-refractivity contribution in [2.75, 3.05) is 7.11 Å². The number of carboxylic acid groups (broad SMARTS) is 1. The maximum Gasteiger partial charge on any atom is 0.355 e. The summed E-state index contributed by atoms with van der Waals surface area (Å²) in [7, 11) is 1.53. The van der Waals surface area contributed by atoms with Gasteiger partial charge in [0.1, 0.15) is 11.4 Å². The summed E-state index contributed by atoms with van der Waals surface area (Å²) in [6, 6.07) is 10.5. The van der Waals surface area contributed by atoms with E-state index in [-0.39, 0.29) is 5.69 Å². The van der Waals surface area contributed by atoms with E-state index in [2.05, 4.69) is 4.98 Å². The monoisotopic (exact) mass is 302 g/mol. The van der Waals surface area contributed by atoms with Gasteiger partial charge in [-0.25, -0.2) is 9.78 Å². The van der Waals surface area contributed by atoms with E-state index in [0.717, 1.165) is 0 Å². The SMILES string of the molecule is COc1ccccc1-c1nc2c(Cl)cccn2c1C(=O)O. The number of rotatable bonds is 3. The largest absolute Gasteiger partial charge is 0.496 e. The quantitative estimate of drug-likeness (QED) is 0.805. The van der Waals surface area contributed by atoms with Crippen LogP contribution in [0.1, 0.15) is 10.5 Å². The van der Waals surface area contributed by atoms with Crippen molar-refractivity contribution in [1.29, 1.82) is 0 Å². The Morgan fingerprint density at radius 3 is 2.76 bits per heavy atom. The molecule has 3 aromatic rings. The van der Waals surface area contributed by atoms with Crippen molar-refractivity contribution in [2.24, 2.45) is 0 Å². The molecule has 0 unspecified atom stereocenters. The molecule has 3 rings (SSSR count). The van der Waals surface area contributed by atoms with E-state index >= 15 is 0 Å². The molecule has 0 radical (unpaired) electrons. The minimum absolute atomic E-state index is 0.0528. The lowest BCUT2D eigenvalue weighted by atomic mass is 10.1. The van der Waals surface area contributed by atoms with Crippen LogP contribution in [0.4, 0.5) is 0 Å². The van der Waals surface area contributed by atoms with Crippen molar-refractivity contribution in [1.82, 2.24) is 9.38 Å². The number of nitrogens with zero attached hydrogens (tertiary/aromatic N) is 2. The predicted molar refractivity (Wildman–Crippen MR) is 79.1 cm³/mol. The number of imidazole rings is 1. The summed E-state index contributed by atoms with van der Waals surface area (Å²) in [5.74, 6) is -0.523. The molecule has 0 amide bonds. The number of carboxylic acids is 1. The number of fused-ring (bicyclic) bond motifs is 1. The second-order valence-corrected chi connectivity index (χ2v) is 4.77. The maximum atomic E-state index is 11.6. The first-order valence-electron chi connectivity index (χ1n) is 6.16. The Morgan fingerprint density at radius 1 is 1.29 bits per heavy atom. The van der Waals surface area contributed by atoms with Gasteiger partial charge in [-0.05, 0) is 24.3 Å². The van der Waals surface area contributed by atoms with Crippen LogP contribution in [-0.2, 0) is 0 Å². The molecule has 106 valence electrons. The average molecular weight is 303 g/mol. The van der Waals surface area contributed by atoms with Gasteiger partial charge in [0.2, 0.25) is 0 Å². The molecule has 0 bridgehead atoms. The highest BCUT2D eigenvalue weighted by atomic mass is 35.5. The lowest BCUT2D eigenvalue weighted by Crippen LogP contribution is -2.03. The normalized spacial score (nSPS) is 10.8. The van der Waals surface area contributed by atoms with Gasteiger partial charge in [0.05, 0.1) is 12.1 Å². The van der Waals surface area contributed by atoms with E-state index in [4.69, 9.17) is 16.3 Å². The number of halogens is 1. The van der Waals surface area contributed by atoms with Gasteiger partial charge in [0.15, 0.2) is 11.3 Å². The fraction of sp³-hybridized carbons (Fsp3) is 0.0667. The third-order valence-corrected chi connectivity index (χ3v) is 3.46. The Kier molecular flexibility index (Phi) is 3.27. The van der Waals surface area contributed by atoms with Crippen molar-refractivity contribution in [2.45, 2.75) is 0 Å². The molecule has 0 atom stereocenters. The summed E-state index contributed by atoms with van der Waals surface area (Å²) in [6.45, 7) is 0. The molecule has 2 heterocycles. The molecular weight excluding hydrogens is 292 g/mol. The molecule has 0 fully saturated rings. The first-order chi connectivity index (χ1) is 10.1. The first kappa shape index (κ1) is 13.5. The smallest absolute Gasteiger partial charge is 0.355 e. The topological polar surface area (TPSA) is 63.8 Å². The van der Waals surface area contributed by atoms with Crippen LogP contribution < -0.4 is 4.74 Å². The molecule has 0 aliphatic rings. The van der Waals surface area contributed by atoms with E-state index in [1.54, 1.807) is 36.5 Å². The van der Waals surface area contributed by atoms with Gasteiger partial charge in [-0.3, -0.25) is 4.40 Å². The molecule has 6 heteroatoms. The van der Waals surface area contributed by atoms with E-state index in [0.29, 0.717) is 27.7 Å². The van der Waals surface area contributed by atoms with Crippen LogP contribution in [-0.4, -0.2) is 27.6 Å². The fourth-order valence-electron chi connectivity index (χ4n) is 2.27. The van der Waals surface area contributed by atoms with Crippen molar-refractivity contribution in [3.05, 3.63) is 53.3 Å². The van der Waals surface area contributed by atoms with Crippen LogP contribution in [0.3, 0.4) is 0 Å². The zero-order chi connectivity index (χ0) is 15.0. The van der Waals surface area contributed by atoms with Gasteiger partial charge in [-0.15, -0.1) is 0 Å². The van der Waals surface area contributed by atoms with Gasteiger partial charge in [-0.2, -0.15) is 0 Å². The average Bonchev–Trinajstić information content (AvgIpc) is 2.88. The molecule has 0 spiro atoms. The number of para-hydroxylation sites is 1. The number of aromatic carboxylic acids is 1. The molecule has 5 nitrogen and oxygen atoms in total. The van der Waals surface area contributed by atoms with E-state index in [9.17, 15) is 9.90 Å². The minimum Gasteiger partial charge on any atom is -0.496 e. The van der Waals surface area contributed by atoms with Gasteiger partial charge < -0.3 is 9.84 Å². The number of pyridine rings is 1. The maximum absolute atomic E-state index is 11.6. The molecule has 0 aliphatic heterocycles. The molecule has 0 aliphatic carbocycles. The highest BCUT2D eigenvalue weighted by Crippen LogP contribution is 2.33. The van der Waals surface area contributed by atoms with Crippen LogP contribution >= 0.6 is 11.6 Å². The standard InChI is InChI=1S/C15H11ClN2O3/c1-21-11-7-3-2-5-9(11)12-13(15(19)20)18-8-4-6-10(16)14(18)17-12/h2-8H,1H3,(H,19,20). The lowest BCUT2D eigenvalue weighted by Gasteiger charge is -2.06. The summed E-state index contributed by atoms with van der Waals surface area (Å²) in [5, 5.41) is 9.91. The summed E-state index contributed by atoms with van der Waals surface area (Å²) >= 11 is 6.10. The number of carbonyl (C=O) groups is 1. The van der Waals surface area contributed by atoms with Crippen molar-refractivity contribution in [3.63, 3.8) is 0 Å². The Hall–Kier alpha value is -2.53. The second-order valence-electron chi connectivity index (χ2n) is 4.36. The number of methoxy groups -OCH3 is 1. The van der Waals surface area contributed by atoms with Gasteiger partial charge in [0.25, 0.3) is 0 Å². The van der Waals surface area contributed by atoms with E-state index in [1.165, 1.54) is 11.5 Å². The van der Waals surface area contributed by atoms with Crippen LogP contribution in [0, 0.1) is 0 Å². The lowest BCUT2D eigenvalue weighted by molar-refractivity contribution is 0.0690. The van der Waals surface area contributed by atoms with Crippen LogP contribution in [0.25, 0.3) is 16.9 Å². The number of benzene rings is 1. The van der Waals surface area contributed by atoms with Crippen molar-refractivity contribution in [3.8, 4) is 17.0 Å². The van der Waals surface area contributed by atoms with Gasteiger partial charge in [0, 0.05) is 11.8 Å². The van der Waals surface area contributed by atoms with Crippen LogP contribution in [0.2, 0.25) is 5.02 Å². The highest BCUT2D eigenvalue weighted by molar-refractivity contribution is 6.33. The molecule has 1 aromatic carbocycles. The molecule has 2 aromatic heterocycles. The third-order valence-electron chi connectivity index (χ3n) is 3.17. The first-order valence-corrected chi connectivity index (χ1v) is 6.54. The zero-order valence-corrected chi connectivity index (χ0v) is 11.8. The number of aromatic nitrogens is 2. The summed E-state index contributed by atoms with van der Waals surface area (Å²) in [4.78, 5) is 16.0. The molecular formula is C15H11ClN2O3. The molecule has 21 heavy (non-hydrogen) atoms. The van der Waals surface area contributed by atoms with Crippen LogP contribution in [0.15, 0.2) is 42.6 Å². The second kappa shape index (κ2) is 5.10. The van der Waals surface area contributed by atoms with E-state index < -0.39 is 5.97 Å². The predicted octanol–water partition coefficient (Wildman–Crippen LogP) is 3.36. The Balaban J connectivity index is 2.39. The molecule has 0 saturated carbocycles. The number of hydrogen-bond acceptors (Lipinski definition) is 3. The molecule has 1 N–H and O–H groups in total. The van der Waals surface area contributed by atoms with E-state index in [1.807, 2.05) is 6.07 Å². The number of ether oxygens (including phenoxy) is 1. The Morgan fingerprint density at radius 2 is 2.05 bits per heavy atom. The van der Waals surface area contributed by atoms with Crippen molar-refractivity contribution < 1.29 is 14.6 Å². The summed E-state index contributed by atoms with van der Waals surface area (Å²) in [5.41, 5.74) is 1.39. The summed E-state index contributed by atoms with van der Waals surface area (Å²) < 4.78 is 6.75. The zero-order valence-electron chi connectivity index (χ0n) is 11.1. The van der Waals surface area contributed by atoms with Gasteiger partial charge >= 0.3 is 5.97 Å². The third kappa shape index (κ3) is 2.11. The molecule has 0 saturated heterocycles. The fourth-order valence-corrected chi connectivity index (χ4v) is 2.47. The number of hydrogen-bond donors (Lipinski definition) is 1. The Bertz CT molecular complexity index is 842. The van der Waals surface area contributed by atoms with Gasteiger partial charge in [-0.1, -0.05) is 23.7 Å². The van der Waals surface area contributed by atoms with Crippen molar-refractivity contribution >= 4 is 23.2 Å². The highest BCUT2D eigenvalue weighted by Gasteiger charge is 2.22. The Labute approximate surface area is 125 Å². The minimum atomic E-state index is -1.08. The summed E-state index contributed by atoms with van der Waals surface area (Å²) in [6.07, 6.45) is 1.62.